The molecule has 3 heteroatoms. The van der Waals surface area contributed by atoms with Crippen LogP contribution < -0.4 is 12.3 Å². The Bertz CT molecular complexity index is 45.4. The summed E-state index contributed by atoms with van der Waals surface area (Å²) in [5.41, 5.74) is 0. The van der Waals surface area contributed by atoms with Crippen molar-refractivity contribution in [3.05, 3.63) is 0 Å². The summed E-state index contributed by atoms with van der Waals surface area (Å²) < 4.78 is 0. The molecule has 0 heterocycles. The van der Waals surface area contributed by atoms with E-state index in [2.05, 4.69) is 0 Å². The fourth-order valence-corrected chi connectivity index (χ4v) is 0.112. The van der Waals surface area contributed by atoms with E-state index in [-0.39, 0.29) is 12.3 Å². The quantitative estimate of drug-likeness (QED) is 0.528. The first-order chi connectivity index (χ1) is 2.41. The van der Waals surface area contributed by atoms with Crippen molar-refractivity contribution in [3.8, 4) is 6.07 Å². The summed E-state index contributed by atoms with van der Waals surface area (Å²) in [5, 5.41) is 7.82. The van der Waals surface area contributed by atoms with Gasteiger partial charge in [-0.1, -0.05) is 6.92 Å². The van der Waals surface area contributed by atoms with Crippen LogP contribution in [0.15, 0.2) is 0 Å². The van der Waals surface area contributed by atoms with Crippen LogP contribution >= 0.6 is 0 Å². The van der Waals surface area contributed by atoms with Gasteiger partial charge in [0.15, 0.2) is 0 Å². The van der Waals surface area contributed by atoms with Crippen molar-refractivity contribution >= 4 is 0 Å². The predicted molar refractivity (Wildman–Crippen MR) is 30.6 cm³/mol. The molecule has 6 N–H and O–H groups in total. The Morgan fingerprint density at radius 1 is 1.43 bits per heavy atom. The van der Waals surface area contributed by atoms with Crippen LogP contribution in [0.5, 0.6) is 0 Å². The molecular formula is C4H13N3. The molecule has 3 nitrogen and oxygen atoms in total. The fourth-order valence-electron chi connectivity index (χ4n) is 0.112. The van der Waals surface area contributed by atoms with Crippen LogP contribution in [0.4, 0.5) is 0 Å². The second-order valence-electron chi connectivity index (χ2n) is 0.908. The van der Waals surface area contributed by atoms with Crippen LogP contribution in [-0.2, 0) is 0 Å². The molecule has 0 atom stereocenters. The molecule has 0 spiro atoms. The lowest BCUT2D eigenvalue weighted by molar-refractivity contribution is 0.969. The second-order valence-corrected chi connectivity index (χ2v) is 0.908. The molecule has 0 amide bonds. The van der Waals surface area contributed by atoms with Crippen molar-refractivity contribution in [3.63, 3.8) is 0 Å². The number of hydrogen-bond donors (Lipinski definition) is 2. The first kappa shape index (κ1) is 16.1. The Balaban J connectivity index is -0.0000000800. The minimum atomic E-state index is 0. The molecule has 0 rings (SSSR count). The highest BCUT2D eigenvalue weighted by Crippen LogP contribution is 1.77. The average Bonchev–Trinajstić information content (AvgIpc) is 1.41. The van der Waals surface area contributed by atoms with Crippen molar-refractivity contribution in [1.82, 2.24) is 12.3 Å². The maximum atomic E-state index is 7.82. The highest BCUT2D eigenvalue weighted by Gasteiger charge is 1.65. The molecule has 44 valence electrons. The minimum Gasteiger partial charge on any atom is -0.344 e. The summed E-state index contributed by atoms with van der Waals surface area (Å²) in [6.07, 6.45) is 1.68. The Labute approximate surface area is 44.5 Å². The number of rotatable bonds is 1. The third kappa shape index (κ3) is 31.6. The molecule has 0 aromatic rings. The summed E-state index contributed by atoms with van der Waals surface area (Å²) in [6, 6.07) is 2.02. The van der Waals surface area contributed by atoms with Gasteiger partial charge in [0.1, 0.15) is 0 Å². The Hall–Kier alpha value is -0.590. The smallest absolute Gasteiger partial charge is 0.0621 e. The Kier molecular flexibility index (Phi) is 41.8. The first-order valence-corrected chi connectivity index (χ1v) is 1.78. The van der Waals surface area contributed by atoms with Crippen molar-refractivity contribution in [2.24, 2.45) is 0 Å². The maximum absolute atomic E-state index is 7.82. The van der Waals surface area contributed by atoms with Crippen molar-refractivity contribution in [1.29, 1.82) is 5.26 Å². The monoisotopic (exact) mass is 103 g/mol. The van der Waals surface area contributed by atoms with Gasteiger partial charge in [0.25, 0.3) is 0 Å². The number of unbranched alkanes of at least 4 members (excludes halogenated alkanes) is 1. The van der Waals surface area contributed by atoms with Gasteiger partial charge < -0.3 is 12.3 Å². The third-order valence-corrected chi connectivity index (χ3v) is 0.362. The molecule has 0 aromatic heterocycles. The second kappa shape index (κ2) is 18.1. The molecule has 0 unspecified atom stereocenters. The number of nitrogens with zero attached hydrogens (tertiary/aromatic N) is 1. The van der Waals surface area contributed by atoms with E-state index in [4.69, 9.17) is 5.26 Å². The van der Waals surface area contributed by atoms with Crippen molar-refractivity contribution in [2.45, 2.75) is 19.8 Å². The number of hydrogen-bond acceptors (Lipinski definition) is 3. The van der Waals surface area contributed by atoms with Crippen LogP contribution in [0.1, 0.15) is 19.8 Å². The van der Waals surface area contributed by atoms with E-state index in [0.717, 1.165) is 6.42 Å². The van der Waals surface area contributed by atoms with Gasteiger partial charge in [-0.2, -0.15) is 5.26 Å². The molecule has 0 radical (unpaired) electrons. The summed E-state index contributed by atoms with van der Waals surface area (Å²) in [5.74, 6) is 0. The zero-order valence-electron chi connectivity index (χ0n) is 4.78. The van der Waals surface area contributed by atoms with E-state index in [1.54, 1.807) is 0 Å². The molecule has 0 aromatic carbocycles. The lowest BCUT2D eigenvalue weighted by Gasteiger charge is -1.65. The summed E-state index contributed by atoms with van der Waals surface area (Å²) in [7, 11) is 0. The van der Waals surface area contributed by atoms with E-state index in [1.165, 1.54) is 0 Å². The van der Waals surface area contributed by atoms with Gasteiger partial charge in [-0.3, -0.25) is 0 Å². The summed E-state index contributed by atoms with van der Waals surface area (Å²) in [4.78, 5) is 0. The van der Waals surface area contributed by atoms with E-state index in [1.807, 2.05) is 13.0 Å². The molecule has 0 aliphatic heterocycles. The summed E-state index contributed by atoms with van der Waals surface area (Å²) >= 11 is 0. The van der Waals surface area contributed by atoms with Crippen LogP contribution in [0.25, 0.3) is 0 Å². The molecule has 0 aliphatic rings. The summed E-state index contributed by atoms with van der Waals surface area (Å²) in [6.45, 7) is 1.99. The highest BCUT2D eigenvalue weighted by molar-refractivity contribution is 4.65. The van der Waals surface area contributed by atoms with E-state index < -0.39 is 0 Å². The number of nitriles is 1. The van der Waals surface area contributed by atoms with Crippen LogP contribution in [0.2, 0.25) is 0 Å². The molecule has 0 aliphatic carbocycles. The largest absolute Gasteiger partial charge is 0.344 e. The Morgan fingerprint density at radius 3 is 1.86 bits per heavy atom. The zero-order chi connectivity index (χ0) is 4.12. The van der Waals surface area contributed by atoms with E-state index >= 15 is 0 Å². The normalized spacial score (nSPS) is 4.57. The van der Waals surface area contributed by atoms with Gasteiger partial charge in [-0.25, -0.2) is 0 Å². The lowest BCUT2D eigenvalue weighted by atomic mass is 10.4. The maximum Gasteiger partial charge on any atom is 0.0621 e. The van der Waals surface area contributed by atoms with Gasteiger partial charge >= 0.3 is 0 Å². The van der Waals surface area contributed by atoms with Gasteiger partial charge in [0.2, 0.25) is 0 Å². The molecule has 0 saturated heterocycles. The predicted octanol–water partition coefficient (Wildman–Crippen LogP) is 1.63. The van der Waals surface area contributed by atoms with Crippen molar-refractivity contribution < 1.29 is 0 Å². The minimum absolute atomic E-state index is 0. The molecule has 0 bridgehead atoms. The van der Waals surface area contributed by atoms with Gasteiger partial charge in [-0.05, 0) is 6.42 Å². The molecule has 0 fully saturated rings. The van der Waals surface area contributed by atoms with Gasteiger partial charge in [0, 0.05) is 6.42 Å². The van der Waals surface area contributed by atoms with Gasteiger partial charge in [0.05, 0.1) is 6.07 Å². The fraction of sp³-hybridized carbons (Fsp3) is 0.750. The average molecular weight is 103 g/mol. The zero-order valence-corrected chi connectivity index (χ0v) is 4.78. The lowest BCUT2D eigenvalue weighted by Crippen LogP contribution is -1.53. The van der Waals surface area contributed by atoms with Crippen LogP contribution in [-0.4, -0.2) is 0 Å². The topological polar surface area (TPSA) is 93.8 Å². The first-order valence-electron chi connectivity index (χ1n) is 1.78. The Morgan fingerprint density at radius 2 is 1.86 bits per heavy atom. The van der Waals surface area contributed by atoms with Gasteiger partial charge in [-0.15, -0.1) is 0 Å². The SMILES string of the molecule is CCCC#N.N.N. The molecule has 0 saturated carbocycles. The van der Waals surface area contributed by atoms with Crippen molar-refractivity contribution in [2.75, 3.05) is 0 Å². The molecular weight excluding hydrogens is 90.1 g/mol. The molecule has 7 heavy (non-hydrogen) atoms. The van der Waals surface area contributed by atoms with Crippen LogP contribution in [0, 0.1) is 11.3 Å². The van der Waals surface area contributed by atoms with Crippen LogP contribution in [0.3, 0.4) is 0 Å². The van der Waals surface area contributed by atoms with E-state index in [0.29, 0.717) is 6.42 Å². The standard InChI is InChI=1S/C4H7N.2H3N/c1-2-3-4-5;;/h2-3H2,1H3;2*1H3. The highest BCUT2D eigenvalue weighted by atomic mass is 14.2. The van der Waals surface area contributed by atoms with E-state index in [9.17, 15) is 0 Å². The third-order valence-electron chi connectivity index (χ3n) is 0.362.